The maximum absolute atomic E-state index is 15.4. The summed E-state index contributed by atoms with van der Waals surface area (Å²) in [5.41, 5.74) is 0.0517. The molecule has 0 unspecified atom stereocenters. The number of hydrogen-bond donors (Lipinski definition) is 4. The Morgan fingerprint density at radius 3 is 2.29 bits per heavy atom. The van der Waals surface area contributed by atoms with Gasteiger partial charge in [0.05, 0.1) is 70.5 Å². The summed E-state index contributed by atoms with van der Waals surface area (Å²) in [4.78, 5) is 75.7. The molecule has 384 valence electrons. The molecule has 6 rings (SSSR count). The van der Waals surface area contributed by atoms with Gasteiger partial charge >= 0.3 is 6.18 Å². The highest BCUT2D eigenvalue weighted by molar-refractivity contribution is 7.81. The van der Waals surface area contributed by atoms with Gasteiger partial charge in [-0.15, -0.1) is 11.3 Å². The van der Waals surface area contributed by atoms with Crippen LogP contribution in [-0.2, 0) is 41.4 Å². The number of carbonyl (C=O) groups is 5. The van der Waals surface area contributed by atoms with Gasteiger partial charge in [-0.3, -0.25) is 28.9 Å². The number of hydrogen-bond acceptors (Lipinski definition) is 12. The number of alkyl halides is 3. The van der Waals surface area contributed by atoms with Crippen molar-refractivity contribution in [3.8, 4) is 16.5 Å². The Morgan fingerprint density at radius 1 is 0.986 bits per heavy atom. The normalized spacial score (nSPS) is 17.2. The number of halogens is 4. The summed E-state index contributed by atoms with van der Waals surface area (Å²) in [6, 6.07) is 13.6. The van der Waals surface area contributed by atoms with E-state index in [2.05, 4.69) is 20.9 Å². The molecule has 16 nitrogen and oxygen atoms in total. The molecule has 0 radical (unpaired) electrons. The van der Waals surface area contributed by atoms with E-state index in [1.165, 1.54) is 47.9 Å². The van der Waals surface area contributed by atoms with Crippen LogP contribution in [0.15, 0.2) is 66.2 Å². The minimum absolute atomic E-state index is 0.00995. The second-order valence-corrected chi connectivity index (χ2v) is 20.1. The van der Waals surface area contributed by atoms with Gasteiger partial charge in [0.25, 0.3) is 11.8 Å². The fourth-order valence-corrected chi connectivity index (χ4v) is 9.62. The predicted molar refractivity (Wildman–Crippen MR) is 264 cm³/mol. The lowest BCUT2D eigenvalue weighted by Crippen LogP contribution is -2.57. The van der Waals surface area contributed by atoms with Crippen LogP contribution in [0.5, 0.6) is 0 Å². The highest BCUT2D eigenvalue weighted by Gasteiger charge is 2.51. The van der Waals surface area contributed by atoms with E-state index in [0.717, 1.165) is 38.7 Å². The number of nitriles is 1. The van der Waals surface area contributed by atoms with Gasteiger partial charge in [0.2, 0.25) is 17.7 Å². The summed E-state index contributed by atoms with van der Waals surface area (Å²) in [5.74, 6) is -3.67. The lowest BCUT2D eigenvalue weighted by Gasteiger charge is -2.35. The van der Waals surface area contributed by atoms with Gasteiger partial charge in [0, 0.05) is 44.8 Å². The fourth-order valence-electron chi connectivity index (χ4n) is 8.29. The number of thiocarbonyl (C=S) groups is 1. The van der Waals surface area contributed by atoms with Crippen molar-refractivity contribution >= 4 is 69.6 Å². The topological polar surface area (TPSA) is 207 Å². The molecule has 2 aliphatic rings. The van der Waals surface area contributed by atoms with E-state index in [0.29, 0.717) is 12.5 Å². The summed E-state index contributed by atoms with van der Waals surface area (Å²) < 4.78 is 67.7. The maximum Gasteiger partial charge on any atom is 0.417 e. The fraction of sp³-hybridized carbons (Fsp3) is 0.440. The Labute approximate surface area is 423 Å². The molecule has 72 heavy (non-hydrogen) atoms. The number of carbonyl (C=O) groups excluding carboxylic acids is 5. The predicted octanol–water partition coefficient (Wildman–Crippen LogP) is 6.42. The molecule has 4 N–H and O–H groups in total. The molecule has 2 saturated heterocycles. The van der Waals surface area contributed by atoms with Crippen LogP contribution in [0, 0.1) is 29.5 Å². The van der Waals surface area contributed by atoms with Gasteiger partial charge in [-0.25, -0.2) is 9.37 Å². The van der Waals surface area contributed by atoms with Crippen molar-refractivity contribution in [2.45, 2.75) is 97.3 Å². The van der Waals surface area contributed by atoms with Crippen LogP contribution in [0.4, 0.5) is 28.9 Å². The van der Waals surface area contributed by atoms with Gasteiger partial charge < -0.3 is 40.3 Å². The third-order valence-corrected chi connectivity index (χ3v) is 13.5. The SMILES string of the molecule is Cc1ncsc1-c1ccc(CNC(=O)[C@@H]2C[C@@H](O)CN2C(=O)[C@@H](NC(=O)CCCOCCOCCNC(=O)c2ccc(N3C(=S)N(c4ccc(C#N)c(C(F)(F)F)c4)C(=O)C3(C)C)cc2F)C(C)(C)C)cc1. The number of aliphatic hydroxyl groups excluding tert-OH is 1. The van der Waals surface area contributed by atoms with Gasteiger partial charge in [-0.1, -0.05) is 45.0 Å². The van der Waals surface area contributed by atoms with Crippen LogP contribution in [0.25, 0.3) is 10.4 Å². The summed E-state index contributed by atoms with van der Waals surface area (Å²) >= 11 is 7.06. The molecule has 0 aliphatic carbocycles. The second-order valence-electron chi connectivity index (χ2n) is 18.8. The smallest absolute Gasteiger partial charge is 0.391 e. The minimum Gasteiger partial charge on any atom is -0.391 e. The van der Waals surface area contributed by atoms with E-state index in [1.54, 1.807) is 37.6 Å². The Balaban J connectivity index is 0.894. The third-order valence-electron chi connectivity index (χ3n) is 12.1. The zero-order chi connectivity index (χ0) is 52.7. The Bertz CT molecular complexity index is 2720. The number of ether oxygens (including phenoxy) is 2. The van der Waals surface area contributed by atoms with E-state index in [1.807, 2.05) is 31.2 Å². The standard InChI is InChI=1S/C50H56F4N8O8S2/c1-29-41(72-28-58-29)31-11-9-30(10-12-31)26-57-44(66)39-24-35(63)27-60(39)45(67)42(48(2,3)4)59-40(64)8-7-18-69-20-21-70-19-17-56-43(65)36-16-15-34(23-38(36)51)62-47(71)61(46(68)49(62,5)6)33-14-13-32(25-55)37(22-33)50(52,53)54/h9-16,22-23,28,35,39,42,63H,7-8,17-21,24,26-27H2,1-6H3,(H,56,65)(H,57,66)(H,59,64)/t35-,39+,42-/m1/s1. The summed E-state index contributed by atoms with van der Waals surface area (Å²) in [7, 11) is 0. The number of anilines is 2. The lowest BCUT2D eigenvalue weighted by molar-refractivity contribution is -0.144. The molecule has 5 amide bonds. The zero-order valence-corrected chi connectivity index (χ0v) is 42.2. The molecule has 2 aliphatic heterocycles. The molecule has 3 atom stereocenters. The van der Waals surface area contributed by atoms with Crippen molar-refractivity contribution < 1.29 is 56.1 Å². The summed E-state index contributed by atoms with van der Waals surface area (Å²) in [5, 5.41) is 27.8. The molecule has 0 spiro atoms. The molecule has 3 heterocycles. The summed E-state index contributed by atoms with van der Waals surface area (Å²) in [6.07, 6.45) is -5.36. The second kappa shape index (κ2) is 23.0. The van der Waals surface area contributed by atoms with Gasteiger partial charge in [-0.05, 0) is 92.4 Å². The van der Waals surface area contributed by atoms with Crippen LogP contribution in [0.1, 0.15) is 86.6 Å². The number of nitrogens with one attached hydrogen (secondary N) is 3. The molecule has 1 aromatic heterocycles. The quantitative estimate of drug-likeness (QED) is 0.0457. The summed E-state index contributed by atoms with van der Waals surface area (Å²) in [6.45, 7) is 11.0. The molecular weight excluding hydrogens is 981 g/mol. The van der Waals surface area contributed by atoms with E-state index in [-0.39, 0.29) is 81.0 Å². The zero-order valence-electron chi connectivity index (χ0n) is 40.5. The van der Waals surface area contributed by atoms with Crippen molar-refractivity contribution in [3.63, 3.8) is 0 Å². The average molecular weight is 1040 g/mol. The first kappa shape index (κ1) is 54.9. The maximum atomic E-state index is 15.4. The lowest BCUT2D eigenvalue weighted by atomic mass is 9.85. The van der Waals surface area contributed by atoms with Gasteiger partial charge in [-0.2, -0.15) is 18.4 Å². The van der Waals surface area contributed by atoms with E-state index >= 15 is 4.39 Å². The van der Waals surface area contributed by atoms with Crippen molar-refractivity contribution in [1.29, 1.82) is 5.26 Å². The number of aryl methyl sites for hydroxylation is 1. The molecule has 0 saturated carbocycles. The highest BCUT2D eigenvalue weighted by Crippen LogP contribution is 2.40. The van der Waals surface area contributed by atoms with Crippen molar-refractivity contribution in [2.75, 3.05) is 49.3 Å². The Hall–Kier alpha value is -6.38. The number of β-amino-alcohol motifs (C(OH)–C–C–N with tert-alkyl or cyclic N) is 1. The number of nitrogens with zero attached hydrogens (tertiary/aromatic N) is 5. The molecule has 2 fully saturated rings. The average Bonchev–Trinajstić information content (AvgIpc) is 3.99. The van der Waals surface area contributed by atoms with E-state index in [9.17, 15) is 47.5 Å². The molecule has 3 aromatic carbocycles. The van der Waals surface area contributed by atoms with Crippen molar-refractivity contribution in [1.82, 2.24) is 25.8 Å². The Morgan fingerprint density at radius 2 is 1.67 bits per heavy atom. The number of thiazole rings is 1. The largest absolute Gasteiger partial charge is 0.417 e. The van der Waals surface area contributed by atoms with Crippen molar-refractivity contribution in [3.05, 3.63) is 99.9 Å². The van der Waals surface area contributed by atoms with E-state index < -0.39 is 81.8 Å². The Kier molecular flexibility index (Phi) is 17.6. The number of aromatic nitrogens is 1. The number of rotatable bonds is 19. The number of aliphatic hydroxyl groups is 1. The van der Waals surface area contributed by atoms with Crippen LogP contribution < -0.4 is 25.8 Å². The minimum atomic E-state index is -4.88. The van der Waals surface area contributed by atoms with Crippen LogP contribution in [0.3, 0.4) is 0 Å². The van der Waals surface area contributed by atoms with Crippen LogP contribution in [-0.4, -0.2) is 113 Å². The number of benzene rings is 3. The molecule has 0 bridgehead atoms. The first-order valence-corrected chi connectivity index (χ1v) is 24.3. The molecular formula is C50H56F4N8O8S2. The monoisotopic (exact) mass is 1040 g/mol. The molecule has 22 heteroatoms. The number of likely N-dealkylation sites (tertiary alicyclic amines) is 1. The van der Waals surface area contributed by atoms with Gasteiger partial charge in [0.15, 0.2) is 5.11 Å². The van der Waals surface area contributed by atoms with Crippen LogP contribution >= 0.6 is 23.6 Å². The van der Waals surface area contributed by atoms with Crippen LogP contribution in [0.2, 0.25) is 0 Å². The van der Waals surface area contributed by atoms with E-state index in [4.69, 9.17) is 21.7 Å². The first-order valence-electron chi connectivity index (χ1n) is 23.0. The highest BCUT2D eigenvalue weighted by atomic mass is 32.1. The van der Waals surface area contributed by atoms with Gasteiger partial charge in [0.1, 0.15) is 23.4 Å². The third kappa shape index (κ3) is 12.8. The molecule has 4 aromatic rings. The number of amides is 5. The first-order chi connectivity index (χ1) is 33.9. The van der Waals surface area contributed by atoms with Crippen molar-refractivity contribution in [2.24, 2.45) is 5.41 Å².